The Bertz CT molecular complexity index is 510. The molecule has 0 heterocycles. The van der Waals surface area contributed by atoms with Gasteiger partial charge in [0.2, 0.25) is 0 Å². The Morgan fingerprint density at radius 3 is 2.50 bits per heavy atom. The number of halogens is 2. The van der Waals surface area contributed by atoms with Crippen molar-refractivity contribution in [2.75, 3.05) is 0 Å². The second kappa shape index (κ2) is 6.26. The van der Waals surface area contributed by atoms with Gasteiger partial charge in [-0.05, 0) is 49.2 Å². The van der Waals surface area contributed by atoms with E-state index < -0.39 is 0 Å². The molecule has 93 valence electrons. The van der Waals surface area contributed by atoms with Gasteiger partial charge in [-0.25, -0.2) is 0 Å². The summed E-state index contributed by atoms with van der Waals surface area (Å²) in [6, 6.07) is 15.5. The highest BCUT2D eigenvalue weighted by molar-refractivity contribution is 9.10. The molecule has 1 atom stereocenters. The van der Waals surface area contributed by atoms with Crippen molar-refractivity contribution in [1.82, 2.24) is 0 Å². The lowest BCUT2D eigenvalue weighted by molar-refractivity contribution is 0.208. The molecule has 0 fully saturated rings. The van der Waals surface area contributed by atoms with Crippen molar-refractivity contribution in [1.29, 1.82) is 0 Å². The zero-order valence-electron chi connectivity index (χ0n) is 9.77. The quantitative estimate of drug-likeness (QED) is 0.727. The zero-order valence-corrected chi connectivity index (χ0v) is 12.1. The number of benzene rings is 2. The average Bonchev–Trinajstić information content (AvgIpc) is 2.37. The fourth-order valence-corrected chi connectivity index (χ4v) is 2.12. The van der Waals surface area contributed by atoms with Gasteiger partial charge in [-0.2, -0.15) is 0 Å². The van der Waals surface area contributed by atoms with Crippen LogP contribution in [0.2, 0.25) is 5.02 Å². The molecule has 0 spiro atoms. The van der Waals surface area contributed by atoms with E-state index in [1.807, 2.05) is 48.5 Å². The number of rotatable bonds is 4. The molecule has 1 nitrogen and oxygen atoms in total. The Morgan fingerprint density at radius 1 is 1.17 bits per heavy atom. The van der Waals surface area contributed by atoms with Crippen molar-refractivity contribution in [3.8, 4) is 5.75 Å². The van der Waals surface area contributed by atoms with E-state index in [9.17, 15) is 0 Å². The van der Waals surface area contributed by atoms with E-state index in [-0.39, 0.29) is 6.10 Å². The van der Waals surface area contributed by atoms with Gasteiger partial charge in [-0.3, -0.25) is 0 Å². The van der Waals surface area contributed by atoms with Crippen LogP contribution in [-0.4, -0.2) is 0 Å². The van der Waals surface area contributed by atoms with Crippen molar-refractivity contribution in [3.63, 3.8) is 0 Å². The van der Waals surface area contributed by atoms with E-state index in [1.54, 1.807) is 0 Å². The van der Waals surface area contributed by atoms with Gasteiger partial charge in [0.1, 0.15) is 11.9 Å². The molecule has 0 amide bonds. The van der Waals surface area contributed by atoms with Crippen LogP contribution in [0, 0.1) is 6.92 Å². The third-order valence-corrected chi connectivity index (χ3v) is 3.34. The summed E-state index contributed by atoms with van der Waals surface area (Å²) in [4.78, 5) is 0. The summed E-state index contributed by atoms with van der Waals surface area (Å²) in [6.07, 6.45) is 0.602. The molecule has 18 heavy (non-hydrogen) atoms. The van der Waals surface area contributed by atoms with Crippen molar-refractivity contribution < 1.29 is 4.74 Å². The lowest BCUT2D eigenvalue weighted by Gasteiger charge is -2.18. The number of hydrogen-bond acceptors (Lipinski definition) is 1. The van der Waals surface area contributed by atoms with Crippen LogP contribution in [0.3, 0.4) is 0 Å². The summed E-state index contributed by atoms with van der Waals surface area (Å²) in [6.45, 7) is 3.93. The van der Waals surface area contributed by atoms with E-state index in [0.29, 0.717) is 11.4 Å². The molecule has 0 saturated carbocycles. The Kier molecular flexibility index (Phi) is 4.67. The Hall–Kier alpha value is -0.990. The van der Waals surface area contributed by atoms with Crippen molar-refractivity contribution in [3.05, 3.63) is 70.5 Å². The van der Waals surface area contributed by atoms with Crippen LogP contribution < -0.4 is 4.74 Å². The topological polar surface area (TPSA) is 9.23 Å². The van der Waals surface area contributed by atoms with E-state index in [1.165, 1.54) is 0 Å². The SMILES string of the molecule is [CH2]CC(Oc1cccc(Cl)c1)c1ccc(Br)cc1. The monoisotopic (exact) mass is 323 g/mol. The minimum absolute atomic E-state index is 0.0587. The van der Waals surface area contributed by atoms with Gasteiger partial charge < -0.3 is 4.74 Å². The predicted octanol–water partition coefficient (Wildman–Crippen LogP) is 5.45. The van der Waals surface area contributed by atoms with Crippen LogP contribution in [0.4, 0.5) is 0 Å². The minimum atomic E-state index is -0.0587. The normalized spacial score (nSPS) is 12.2. The molecule has 1 radical (unpaired) electrons. The van der Waals surface area contributed by atoms with Gasteiger partial charge in [0.05, 0.1) is 0 Å². The molecule has 0 aliphatic rings. The van der Waals surface area contributed by atoms with Gasteiger partial charge in [0.25, 0.3) is 0 Å². The zero-order chi connectivity index (χ0) is 13.0. The molecule has 2 rings (SSSR count). The molecule has 0 saturated heterocycles. The standard InChI is InChI=1S/C15H13BrClO/c1-2-15(11-6-8-12(16)9-7-11)18-14-5-3-4-13(17)10-14/h3-10,15H,1-2H2. The second-order valence-electron chi connectivity index (χ2n) is 3.90. The van der Waals surface area contributed by atoms with Crippen LogP contribution in [0.15, 0.2) is 53.0 Å². The maximum absolute atomic E-state index is 5.94. The lowest BCUT2D eigenvalue weighted by Crippen LogP contribution is -2.06. The summed E-state index contributed by atoms with van der Waals surface area (Å²) >= 11 is 9.36. The van der Waals surface area contributed by atoms with Gasteiger partial charge in [-0.15, -0.1) is 0 Å². The summed E-state index contributed by atoms with van der Waals surface area (Å²) in [7, 11) is 0. The number of ether oxygens (including phenoxy) is 1. The smallest absolute Gasteiger partial charge is 0.124 e. The van der Waals surface area contributed by atoms with Crippen LogP contribution >= 0.6 is 27.5 Å². The highest BCUT2D eigenvalue weighted by Gasteiger charge is 2.11. The van der Waals surface area contributed by atoms with E-state index in [0.717, 1.165) is 15.8 Å². The third-order valence-electron chi connectivity index (χ3n) is 2.58. The predicted molar refractivity (Wildman–Crippen MR) is 78.9 cm³/mol. The average molecular weight is 325 g/mol. The first kappa shape index (κ1) is 13.4. The first-order valence-electron chi connectivity index (χ1n) is 5.66. The molecular weight excluding hydrogens is 312 g/mol. The van der Waals surface area contributed by atoms with Crippen LogP contribution in [-0.2, 0) is 0 Å². The largest absolute Gasteiger partial charge is 0.486 e. The Morgan fingerprint density at radius 2 is 1.89 bits per heavy atom. The second-order valence-corrected chi connectivity index (χ2v) is 5.26. The molecule has 2 aromatic carbocycles. The molecule has 0 aliphatic carbocycles. The Labute approximate surface area is 121 Å². The fourth-order valence-electron chi connectivity index (χ4n) is 1.68. The van der Waals surface area contributed by atoms with Gasteiger partial charge in [0.15, 0.2) is 0 Å². The van der Waals surface area contributed by atoms with Crippen molar-refractivity contribution in [2.24, 2.45) is 0 Å². The minimum Gasteiger partial charge on any atom is -0.486 e. The van der Waals surface area contributed by atoms with Crippen LogP contribution in [0.25, 0.3) is 0 Å². The molecule has 2 aromatic rings. The van der Waals surface area contributed by atoms with Gasteiger partial charge in [0, 0.05) is 9.50 Å². The van der Waals surface area contributed by atoms with E-state index >= 15 is 0 Å². The summed E-state index contributed by atoms with van der Waals surface area (Å²) in [5.41, 5.74) is 1.10. The first-order valence-corrected chi connectivity index (χ1v) is 6.83. The first-order chi connectivity index (χ1) is 8.69. The molecule has 0 aliphatic heterocycles. The third kappa shape index (κ3) is 3.50. The summed E-state index contributed by atoms with van der Waals surface area (Å²) < 4.78 is 6.96. The van der Waals surface area contributed by atoms with E-state index in [2.05, 4.69) is 22.9 Å². The Balaban J connectivity index is 2.17. The molecule has 3 heteroatoms. The molecule has 1 unspecified atom stereocenters. The van der Waals surface area contributed by atoms with Gasteiger partial charge in [-0.1, -0.05) is 45.7 Å². The van der Waals surface area contributed by atoms with Crippen LogP contribution in [0.1, 0.15) is 18.1 Å². The maximum atomic E-state index is 5.94. The molecule has 0 aromatic heterocycles. The van der Waals surface area contributed by atoms with Crippen LogP contribution in [0.5, 0.6) is 5.75 Å². The summed E-state index contributed by atoms with van der Waals surface area (Å²) in [5.74, 6) is 0.763. The number of hydrogen-bond donors (Lipinski definition) is 0. The fraction of sp³-hybridized carbons (Fsp3) is 0.133. The lowest BCUT2D eigenvalue weighted by atomic mass is 10.1. The molecular formula is C15H13BrClO. The molecule has 0 N–H and O–H groups in total. The highest BCUT2D eigenvalue weighted by Crippen LogP contribution is 2.27. The van der Waals surface area contributed by atoms with Crippen molar-refractivity contribution in [2.45, 2.75) is 12.5 Å². The summed E-state index contributed by atoms with van der Waals surface area (Å²) in [5, 5.41) is 0.672. The van der Waals surface area contributed by atoms with E-state index in [4.69, 9.17) is 16.3 Å². The molecule has 0 bridgehead atoms. The van der Waals surface area contributed by atoms with Crippen molar-refractivity contribution >= 4 is 27.5 Å². The van der Waals surface area contributed by atoms with Gasteiger partial charge >= 0.3 is 0 Å². The maximum Gasteiger partial charge on any atom is 0.124 e. The highest BCUT2D eigenvalue weighted by atomic mass is 79.9.